The molecule has 1 atom stereocenters. The predicted molar refractivity (Wildman–Crippen MR) is 99.9 cm³/mol. The first-order valence-electron chi connectivity index (χ1n) is 8.41. The summed E-state index contributed by atoms with van der Waals surface area (Å²) in [6, 6.07) is 20.1. The molecule has 0 aliphatic rings. The number of hydrogen-bond acceptors (Lipinski definition) is 3. The highest BCUT2D eigenvalue weighted by Crippen LogP contribution is 2.40. The molecule has 2 aromatic rings. The van der Waals surface area contributed by atoms with Gasteiger partial charge in [-0.1, -0.05) is 81.1 Å². The van der Waals surface area contributed by atoms with E-state index in [4.69, 9.17) is 9.78 Å². The minimum Gasteiger partial charge on any atom is -0.292 e. The summed E-state index contributed by atoms with van der Waals surface area (Å²) in [6.45, 7) is 11.5. The molecule has 3 heteroatoms. The highest BCUT2D eigenvalue weighted by Gasteiger charge is 2.38. The van der Waals surface area contributed by atoms with Gasteiger partial charge in [0.05, 0.1) is 0 Å². The Hall–Kier alpha value is -2.39. The van der Waals surface area contributed by atoms with Crippen molar-refractivity contribution in [3.63, 3.8) is 0 Å². The van der Waals surface area contributed by atoms with Crippen molar-refractivity contribution in [2.45, 2.75) is 45.1 Å². The van der Waals surface area contributed by atoms with Gasteiger partial charge in [0.25, 0.3) is 0 Å². The number of benzene rings is 2. The summed E-state index contributed by atoms with van der Waals surface area (Å²) in [5, 5.41) is 0. The van der Waals surface area contributed by atoms with Gasteiger partial charge in [-0.3, -0.25) is 4.89 Å². The first-order valence-corrected chi connectivity index (χ1v) is 8.41. The molecule has 0 aromatic heterocycles. The van der Waals surface area contributed by atoms with E-state index in [9.17, 15) is 4.79 Å². The molecule has 132 valence electrons. The molecule has 0 bridgehead atoms. The molecule has 25 heavy (non-hydrogen) atoms. The monoisotopic (exact) mass is 338 g/mol. The predicted octanol–water partition coefficient (Wildman–Crippen LogP) is 5.32. The summed E-state index contributed by atoms with van der Waals surface area (Å²) in [5.41, 5.74) is 1.49. The molecule has 0 spiro atoms. The van der Waals surface area contributed by atoms with Crippen LogP contribution in [0.25, 0.3) is 0 Å². The molecule has 0 saturated heterocycles. The Morgan fingerprint density at radius 1 is 0.920 bits per heavy atom. The second-order valence-electron chi connectivity index (χ2n) is 7.26. The molecule has 0 radical (unpaired) electrons. The molecule has 2 aromatic carbocycles. The minimum atomic E-state index is -0.786. The topological polar surface area (TPSA) is 35.5 Å². The lowest BCUT2D eigenvalue weighted by molar-refractivity contribution is -0.335. The summed E-state index contributed by atoms with van der Waals surface area (Å²) in [5.74, 6) is -0.556. The third kappa shape index (κ3) is 4.80. The van der Waals surface area contributed by atoms with E-state index in [-0.39, 0.29) is 5.41 Å². The molecule has 0 N–H and O–H groups in total. The van der Waals surface area contributed by atoms with Crippen LogP contribution in [0.5, 0.6) is 0 Å². The van der Waals surface area contributed by atoms with E-state index in [0.29, 0.717) is 12.0 Å². The summed E-state index contributed by atoms with van der Waals surface area (Å²) in [7, 11) is 0. The van der Waals surface area contributed by atoms with Crippen LogP contribution in [0.3, 0.4) is 0 Å². The summed E-state index contributed by atoms with van der Waals surface area (Å²) in [4.78, 5) is 22.6. The number of rotatable bonds is 7. The van der Waals surface area contributed by atoms with Crippen molar-refractivity contribution < 1.29 is 14.6 Å². The van der Waals surface area contributed by atoms with Crippen LogP contribution >= 0.6 is 0 Å². The van der Waals surface area contributed by atoms with Gasteiger partial charge >= 0.3 is 5.97 Å². The lowest BCUT2D eigenvalue weighted by Gasteiger charge is -2.36. The maximum absolute atomic E-state index is 11.8. The Balaban J connectivity index is 2.31. The van der Waals surface area contributed by atoms with Crippen LogP contribution in [0.1, 0.15) is 45.2 Å². The Bertz CT molecular complexity index is 719. The molecule has 0 amide bonds. The van der Waals surface area contributed by atoms with Crippen molar-refractivity contribution in [1.29, 1.82) is 0 Å². The van der Waals surface area contributed by atoms with Crippen molar-refractivity contribution in [2.24, 2.45) is 0 Å². The normalized spacial score (nSPS) is 13.8. The van der Waals surface area contributed by atoms with Gasteiger partial charge in [0.1, 0.15) is 5.60 Å². The van der Waals surface area contributed by atoms with E-state index in [1.165, 1.54) is 5.56 Å². The number of carbonyl (C=O) groups excluding carboxylic acids is 1. The van der Waals surface area contributed by atoms with E-state index in [2.05, 4.69) is 32.6 Å². The fourth-order valence-electron chi connectivity index (χ4n) is 3.01. The summed E-state index contributed by atoms with van der Waals surface area (Å²) >= 11 is 0. The summed E-state index contributed by atoms with van der Waals surface area (Å²) < 4.78 is 0. The van der Waals surface area contributed by atoms with Gasteiger partial charge in [-0.15, -0.1) is 0 Å². The van der Waals surface area contributed by atoms with E-state index in [0.717, 1.165) is 5.56 Å². The van der Waals surface area contributed by atoms with Crippen LogP contribution in [-0.4, -0.2) is 5.97 Å². The largest absolute Gasteiger partial charge is 0.368 e. The standard InChI is InChI=1S/C22H26O3/c1-17(2)20(23)24-25-22(5,19-14-10-7-11-15-19)16-21(3,4)18-12-8-6-9-13-18/h6-15H,1,16H2,2-5H3. The fourth-order valence-corrected chi connectivity index (χ4v) is 3.01. The molecule has 0 saturated carbocycles. The molecule has 2 rings (SSSR count). The molecule has 3 nitrogen and oxygen atoms in total. The van der Waals surface area contributed by atoms with Crippen molar-refractivity contribution in [3.8, 4) is 0 Å². The van der Waals surface area contributed by atoms with Gasteiger partial charge in [-0.25, -0.2) is 4.79 Å². The third-order valence-electron chi connectivity index (χ3n) is 4.37. The van der Waals surface area contributed by atoms with Gasteiger partial charge < -0.3 is 0 Å². The first-order chi connectivity index (χ1) is 11.7. The maximum atomic E-state index is 11.8. The van der Waals surface area contributed by atoms with Gasteiger partial charge in [-0.05, 0) is 36.8 Å². The van der Waals surface area contributed by atoms with Gasteiger partial charge in [-0.2, -0.15) is 4.89 Å². The SMILES string of the molecule is C=C(C)C(=O)OOC(C)(CC(C)(C)c1ccccc1)c1ccccc1. The second-order valence-corrected chi connectivity index (χ2v) is 7.26. The zero-order chi connectivity index (χ0) is 18.5. The molecular weight excluding hydrogens is 312 g/mol. The molecule has 1 unspecified atom stereocenters. The third-order valence-corrected chi connectivity index (χ3v) is 4.37. The van der Waals surface area contributed by atoms with Crippen LogP contribution in [0.15, 0.2) is 72.8 Å². The smallest absolute Gasteiger partial charge is 0.292 e. The van der Waals surface area contributed by atoms with E-state index < -0.39 is 11.6 Å². The van der Waals surface area contributed by atoms with Crippen molar-refractivity contribution in [2.75, 3.05) is 0 Å². The highest BCUT2D eigenvalue weighted by atomic mass is 17.2. The fraction of sp³-hybridized carbons (Fsp3) is 0.318. The lowest BCUT2D eigenvalue weighted by Crippen LogP contribution is -2.35. The summed E-state index contributed by atoms with van der Waals surface area (Å²) in [6.07, 6.45) is 0.636. The second kappa shape index (κ2) is 7.66. The number of carbonyl (C=O) groups is 1. The van der Waals surface area contributed by atoms with E-state index in [1.54, 1.807) is 6.92 Å². The molecule has 0 aliphatic heterocycles. The van der Waals surface area contributed by atoms with E-state index in [1.807, 2.05) is 55.5 Å². The Morgan fingerprint density at radius 2 is 1.40 bits per heavy atom. The highest BCUT2D eigenvalue weighted by molar-refractivity contribution is 5.86. The van der Waals surface area contributed by atoms with E-state index >= 15 is 0 Å². The average Bonchev–Trinajstić information content (AvgIpc) is 2.61. The average molecular weight is 338 g/mol. The Labute approximate surface area is 150 Å². The lowest BCUT2D eigenvalue weighted by atomic mass is 9.74. The van der Waals surface area contributed by atoms with Crippen molar-refractivity contribution in [3.05, 3.63) is 83.9 Å². The van der Waals surface area contributed by atoms with Crippen LogP contribution in [0.2, 0.25) is 0 Å². The van der Waals surface area contributed by atoms with Crippen LogP contribution in [0.4, 0.5) is 0 Å². The Kier molecular flexibility index (Phi) is 5.81. The zero-order valence-corrected chi connectivity index (χ0v) is 15.4. The van der Waals surface area contributed by atoms with Crippen LogP contribution in [-0.2, 0) is 25.6 Å². The first kappa shape index (κ1) is 18.9. The van der Waals surface area contributed by atoms with Crippen LogP contribution < -0.4 is 0 Å². The van der Waals surface area contributed by atoms with Crippen molar-refractivity contribution >= 4 is 5.97 Å². The molecular formula is C22H26O3. The number of hydrogen-bond donors (Lipinski definition) is 0. The van der Waals surface area contributed by atoms with Crippen molar-refractivity contribution in [1.82, 2.24) is 0 Å². The van der Waals surface area contributed by atoms with Gasteiger partial charge in [0, 0.05) is 5.57 Å². The molecule has 0 aliphatic carbocycles. The Morgan fingerprint density at radius 3 is 1.88 bits per heavy atom. The molecule has 0 fully saturated rings. The van der Waals surface area contributed by atoms with Crippen LogP contribution in [0, 0.1) is 0 Å². The molecule has 0 heterocycles. The zero-order valence-electron chi connectivity index (χ0n) is 15.4. The van der Waals surface area contributed by atoms with Gasteiger partial charge in [0.2, 0.25) is 0 Å². The maximum Gasteiger partial charge on any atom is 0.368 e. The minimum absolute atomic E-state index is 0.179. The quantitative estimate of drug-likeness (QED) is 0.389. The van der Waals surface area contributed by atoms with Gasteiger partial charge in [0.15, 0.2) is 0 Å².